The summed E-state index contributed by atoms with van der Waals surface area (Å²) in [6.07, 6.45) is 2.22. The van der Waals surface area contributed by atoms with Gasteiger partial charge in [-0.1, -0.05) is 12.1 Å². The lowest BCUT2D eigenvalue weighted by atomic mass is 10.1. The minimum atomic E-state index is -0.452. The van der Waals surface area contributed by atoms with Crippen LogP contribution in [0, 0.1) is 10.1 Å². The SMILES string of the molecule is Cl.O=C(Cc1cccc([N+](=O)[O-])c1)N[C@H]1CCCNC1. The number of hydrogen-bond donors (Lipinski definition) is 2. The third kappa shape index (κ3) is 4.79. The van der Waals surface area contributed by atoms with Crippen LogP contribution in [-0.4, -0.2) is 30.0 Å². The highest BCUT2D eigenvalue weighted by Gasteiger charge is 2.16. The Morgan fingerprint density at radius 1 is 1.50 bits per heavy atom. The Morgan fingerprint density at radius 3 is 2.95 bits per heavy atom. The van der Waals surface area contributed by atoms with Gasteiger partial charge in [0.2, 0.25) is 5.91 Å². The largest absolute Gasteiger partial charge is 0.352 e. The molecule has 0 saturated carbocycles. The molecule has 0 bridgehead atoms. The van der Waals surface area contributed by atoms with E-state index in [0.29, 0.717) is 5.56 Å². The quantitative estimate of drug-likeness (QED) is 0.650. The number of carbonyl (C=O) groups excluding carboxylic acids is 1. The number of hydrogen-bond acceptors (Lipinski definition) is 4. The summed E-state index contributed by atoms with van der Waals surface area (Å²) < 4.78 is 0. The van der Waals surface area contributed by atoms with Gasteiger partial charge in [-0.05, 0) is 24.9 Å². The number of non-ortho nitro benzene ring substituents is 1. The molecule has 1 aliphatic heterocycles. The second-order valence-electron chi connectivity index (χ2n) is 4.71. The number of nitro groups is 1. The number of carbonyl (C=O) groups is 1. The number of nitrogens with one attached hydrogen (secondary N) is 2. The highest BCUT2D eigenvalue weighted by molar-refractivity contribution is 5.85. The van der Waals surface area contributed by atoms with E-state index < -0.39 is 4.92 Å². The van der Waals surface area contributed by atoms with E-state index >= 15 is 0 Å². The average Bonchev–Trinajstić information content (AvgIpc) is 2.40. The smallest absolute Gasteiger partial charge is 0.269 e. The molecule has 1 fully saturated rings. The Kier molecular flexibility index (Phi) is 6.41. The van der Waals surface area contributed by atoms with E-state index in [2.05, 4.69) is 10.6 Å². The van der Waals surface area contributed by atoms with Crippen molar-refractivity contribution in [2.24, 2.45) is 0 Å². The highest BCUT2D eigenvalue weighted by Crippen LogP contribution is 2.13. The van der Waals surface area contributed by atoms with Crippen molar-refractivity contribution in [2.45, 2.75) is 25.3 Å². The fourth-order valence-electron chi connectivity index (χ4n) is 2.22. The molecule has 2 N–H and O–H groups in total. The predicted molar refractivity (Wildman–Crippen MR) is 78.1 cm³/mol. The van der Waals surface area contributed by atoms with Crippen molar-refractivity contribution in [3.05, 3.63) is 39.9 Å². The number of nitro benzene ring substituents is 1. The van der Waals surface area contributed by atoms with Crippen LogP contribution in [0.1, 0.15) is 18.4 Å². The maximum absolute atomic E-state index is 11.9. The summed E-state index contributed by atoms with van der Waals surface area (Å²) in [5.74, 6) is -0.0887. The molecule has 20 heavy (non-hydrogen) atoms. The first-order valence-electron chi connectivity index (χ1n) is 6.38. The molecule has 0 radical (unpaired) electrons. The van der Waals surface area contributed by atoms with Gasteiger partial charge in [-0.25, -0.2) is 0 Å². The lowest BCUT2D eigenvalue weighted by Crippen LogP contribution is -2.46. The zero-order valence-corrected chi connectivity index (χ0v) is 11.8. The van der Waals surface area contributed by atoms with E-state index in [-0.39, 0.29) is 36.5 Å². The molecular formula is C13H18ClN3O3. The van der Waals surface area contributed by atoms with Gasteiger partial charge in [-0.2, -0.15) is 0 Å². The summed E-state index contributed by atoms with van der Waals surface area (Å²) in [7, 11) is 0. The average molecular weight is 300 g/mol. The summed E-state index contributed by atoms with van der Waals surface area (Å²) in [6.45, 7) is 1.79. The fraction of sp³-hybridized carbons (Fsp3) is 0.462. The van der Waals surface area contributed by atoms with Gasteiger partial charge in [0, 0.05) is 24.7 Å². The van der Waals surface area contributed by atoms with Gasteiger partial charge in [0.05, 0.1) is 11.3 Å². The fourth-order valence-corrected chi connectivity index (χ4v) is 2.22. The monoisotopic (exact) mass is 299 g/mol. The summed E-state index contributed by atoms with van der Waals surface area (Å²) in [4.78, 5) is 22.1. The minimum absolute atomic E-state index is 0. The van der Waals surface area contributed by atoms with Crippen LogP contribution in [0.5, 0.6) is 0 Å². The molecular weight excluding hydrogens is 282 g/mol. The molecule has 1 saturated heterocycles. The van der Waals surface area contributed by atoms with Crippen molar-refractivity contribution in [1.82, 2.24) is 10.6 Å². The molecule has 0 aromatic heterocycles. The van der Waals surface area contributed by atoms with Crippen LogP contribution >= 0.6 is 12.4 Å². The Morgan fingerprint density at radius 2 is 2.30 bits per heavy atom. The van der Waals surface area contributed by atoms with Gasteiger partial charge in [-0.15, -0.1) is 12.4 Å². The lowest BCUT2D eigenvalue weighted by molar-refractivity contribution is -0.384. The van der Waals surface area contributed by atoms with E-state index in [0.717, 1.165) is 25.9 Å². The van der Waals surface area contributed by atoms with E-state index in [4.69, 9.17) is 0 Å². The Hall–Kier alpha value is -1.66. The van der Waals surface area contributed by atoms with Crippen molar-refractivity contribution in [2.75, 3.05) is 13.1 Å². The van der Waals surface area contributed by atoms with E-state index in [9.17, 15) is 14.9 Å². The highest BCUT2D eigenvalue weighted by atomic mass is 35.5. The number of nitrogens with zero attached hydrogens (tertiary/aromatic N) is 1. The van der Waals surface area contributed by atoms with Crippen molar-refractivity contribution >= 4 is 24.0 Å². The second kappa shape index (κ2) is 7.81. The standard InChI is InChI=1S/C13H17N3O3.ClH/c17-13(15-11-4-2-6-14-9-11)8-10-3-1-5-12(7-10)16(18)19;/h1,3,5,7,11,14H,2,4,6,8-9H2,(H,15,17);1H/t11-;/m0./s1. The number of halogens is 1. The summed E-state index contributed by atoms with van der Waals surface area (Å²) in [5.41, 5.74) is 0.681. The molecule has 1 aromatic rings. The molecule has 2 rings (SSSR count). The molecule has 110 valence electrons. The molecule has 0 aliphatic carbocycles. The number of rotatable bonds is 4. The van der Waals surface area contributed by atoms with Crippen LogP contribution in [0.2, 0.25) is 0 Å². The minimum Gasteiger partial charge on any atom is -0.352 e. The molecule has 1 aromatic carbocycles. The Labute approximate surface area is 123 Å². The van der Waals surface area contributed by atoms with Crippen LogP contribution in [-0.2, 0) is 11.2 Å². The van der Waals surface area contributed by atoms with Gasteiger partial charge >= 0.3 is 0 Å². The summed E-state index contributed by atoms with van der Waals surface area (Å²) in [6, 6.07) is 6.36. The molecule has 0 unspecified atom stereocenters. The molecule has 0 spiro atoms. The number of benzene rings is 1. The molecule has 1 aliphatic rings. The lowest BCUT2D eigenvalue weighted by Gasteiger charge is -2.23. The van der Waals surface area contributed by atoms with Crippen LogP contribution < -0.4 is 10.6 Å². The van der Waals surface area contributed by atoms with E-state index in [1.165, 1.54) is 12.1 Å². The summed E-state index contributed by atoms with van der Waals surface area (Å²) in [5, 5.41) is 16.8. The first-order valence-corrected chi connectivity index (χ1v) is 6.38. The molecule has 1 heterocycles. The normalized spacial score (nSPS) is 17.9. The van der Waals surface area contributed by atoms with Gasteiger partial charge in [-0.3, -0.25) is 14.9 Å². The van der Waals surface area contributed by atoms with Crippen LogP contribution in [0.3, 0.4) is 0 Å². The van der Waals surface area contributed by atoms with Crippen molar-refractivity contribution in [3.8, 4) is 0 Å². The second-order valence-corrected chi connectivity index (χ2v) is 4.71. The maximum Gasteiger partial charge on any atom is 0.269 e. The zero-order chi connectivity index (χ0) is 13.7. The molecule has 7 heteroatoms. The van der Waals surface area contributed by atoms with Crippen LogP contribution in [0.4, 0.5) is 5.69 Å². The third-order valence-corrected chi connectivity index (χ3v) is 3.15. The van der Waals surface area contributed by atoms with Crippen LogP contribution in [0.15, 0.2) is 24.3 Å². The third-order valence-electron chi connectivity index (χ3n) is 3.15. The number of amides is 1. The summed E-state index contributed by atoms with van der Waals surface area (Å²) >= 11 is 0. The zero-order valence-electron chi connectivity index (χ0n) is 11.0. The maximum atomic E-state index is 11.9. The first-order chi connectivity index (χ1) is 9.15. The number of piperidine rings is 1. The predicted octanol–water partition coefficient (Wildman–Crippen LogP) is 1.43. The van der Waals surface area contributed by atoms with Crippen molar-refractivity contribution in [1.29, 1.82) is 0 Å². The molecule has 6 nitrogen and oxygen atoms in total. The van der Waals surface area contributed by atoms with Crippen LogP contribution in [0.25, 0.3) is 0 Å². The molecule has 1 amide bonds. The van der Waals surface area contributed by atoms with Crippen molar-refractivity contribution < 1.29 is 9.72 Å². The topological polar surface area (TPSA) is 84.3 Å². The van der Waals surface area contributed by atoms with E-state index in [1.807, 2.05) is 0 Å². The van der Waals surface area contributed by atoms with Gasteiger partial charge in [0.1, 0.15) is 0 Å². The van der Waals surface area contributed by atoms with Gasteiger partial charge < -0.3 is 10.6 Å². The Balaban J connectivity index is 0.00000200. The van der Waals surface area contributed by atoms with Crippen molar-refractivity contribution in [3.63, 3.8) is 0 Å². The Bertz CT molecular complexity index is 476. The van der Waals surface area contributed by atoms with E-state index in [1.54, 1.807) is 12.1 Å². The molecule has 1 atom stereocenters. The van der Waals surface area contributed by atoms with Gasteiger partial charge in [0.15, 0.2) is 0 Å². The first kappa shape index (κ1) is 16.4. The van der Waals surface area contributed by atoms with Gasteiger partial charge in [0.25, 0.3) is 5.69 Å².